The Bertz CT molecular complexity index is 973. The largest absolute Gasteiger partial charge is 0.497 e. The molecule has 0 bridgehead atoms. The van der Waals surface area contributed by atoms with E-state index in [1.165, 1.54) is 6.42 Å². The third-order valence-electron chi connectivity index (χ3n) is 5.05. The van der Waals surface area contributed by atoms with Crippen LogP contribution in [0.1, 0.15) is 35.2 Å². The molecule has 1 aliphatic rings. The van der Waals surface area contributed by atoms with E-state index in [0.717, 1.165) is 59.7 Å². The first kappa shape index (κ1) is 17.5. The van der Waals surface area contributed by atoms with Crippen molar-refractivity contribution in [3.8, 4) is 17.1 Å². The highest BCUT2D eigenvalue weighted by Crippen LogP contribution is 2.26. The van der Waals surface area contributed by atoms with Crippen molar-refractivity contribution >= 4 is 16.9 Å². The molecular weight excluding hydrogens is 340 g/mol. The Morgan fingerprint density at radius 2 is 1.96 bits per heavy atom. The van der Waals surface area contributed by atoms with Crippen LogP contribution in [0.15, 0.2) is 36.4 Å². The number of carbonyl (C=O) groups is 1. The first-order valence-electron chi connectivity index (χ1n) is 9.35. The number of carbonyl (C=O) groups excluding carboxylic acids is 1. The quantitative estimate of drug-likeness (QED) is 0.741. The van der Waals surface area contributed by atoms with Crippen molar-refractivity contribution in [2.24, 2.45) is 0 Å². The topological polar surface area (TPSA) is 70.2 Å². The standard InChI is InChI=1S/C21H24N4O2/c1-14-12-15(21(26)24-25-10-4-3-5-11-25)6-8-17(14)20-22-18-9-7-16(27-2)13-19(18)23-20/h6-9,12-13H,3-5,10-11H2,1-2H3,(H,22,23)(H,24,26). The van der Waals surface area contributed by atoms with E-state index in [4.69, 9.17) is 4.74 Å². The number of benzene rings is 2. The molecule has 0 spiro atoms. The summed E-state index contributed by atoms with van der Waals surface area (Å²) >= 11 is 0. The number of amides is 1. The van der Waals surface area contributed by atoms with Gasteiger partial charge < -0.3 is 9.72 Å². The fraction of sp³-hybridized carbons (Fsp3) is 0.333. The molecule has 0 aliphatic carbocycles. The van der Waals surface area contributed by atoms with Crippen molar-refractivity contribution in [2.75, 3.05) is 20.2 Å². The predicted molar refractivity (Wildman–Crippen MR) is 106 cm³/mol. The molecule has 6 heteroatoms. The third-order valence-corrected chi connectivity index (χ3v) is 5.05. The monoisotopic (exact) mass is 364 g/mol. The number of aromatic amines is 1. The van der Waals surface area contributed by atoms with E-state index >= 15 is 0 Å². The van der Waals surface area contributed by atoms with Gasteiger partial charge in [0.1, 0.15) is 11.6 Å². The minimum absolute atomic E-state index is 0.0547. The highest BCUT2D eigenvalue weighted by molar-refractivity contribution is 5.94. The summed E-state index contributed by atoms with van der Waals surface area (Å²) in [6.45, 7) is 3.84. The van der Waals surface area contributed by atoms with Gasteiger partial charge in [-0.05, 0) is 49.6 Å². The number of aryl methyl sites for hydroxylation is 1. The molecule has 6 nitrogen and oxygen atoms in total. The van der Waals surface area contributed by atoms with E-state index in [0.29, 0.717) is 5.56 Å². The van der Waals surface area contributed by atoms with Crippen LogP contribution in [-0.2, 0) is 0 Å². The summed E-state index contributed by atoms with van der Waals surface area (Å²) in [6, 6.07) is 11.5. The molecule has 0 atom stereocenters. The van der Waals surface area contributed by atoms with Crippen LogP contribution in [0, 0.1) is 6.92 Å². The average Bonchev–Trinajstić information content (AvgIpc) is 3.11. The number of aromatic nitrogens is 2. The molecule has 1 fully saturated rings. The summed E-state index contributed by atoms with van der Waals surface area (Å²) in [6.07, 6.45) is 3.51. The smallest absolute Gasteiger partial charge is 0.265 e. The Labute approximate surface area is 158 Å². The molecule has 4 rings (SSSR count). The van der Waals surface area contributed by atoms with E-state index in [-0.39, 0.29) is 5.91 Å². The normalized spacial score (nSPS) is 15.0. The number of hydrazine groups is 1. The van der Waals surface area contributed by atoms with Gasteiger partial charge in [0.15, 0.2) is 0 Å². The number of hydrogen-bond acceptors (Lipinski definition) is 4. The second-order valence-corrected chi connectivity index (χ2v) is 6.99. The summed E-state index contributed by atoms with van der Waals surface area (Å²) in [5, 5.41) is 2.02. The predicted octanol–water partition coefficient (Wildman–Crippen LogP) is 3.68. The number of H-pyrrole nitrogens is 1. The number of imidazole rings is 1. The van der Waals surface area contributed by atoms with Crippen LogP contribution in [0.2, 0.25) is 0 Å². The van der Waals surface area contributed by atoms with E-state index in [9.17, 15) is 4.79 Å². The zero-order valence-corrected chi connectivity index (χ0v) is 15.7. The van der Waals surface area contributed by atoms with Crippen molar-refractivity contribution in [2.45, 2.75) is 26.2 Å². The molecule has 2 heterocycles. The Hall–Kier alpha value is -2.86. The van der Waals surface area contributed by atoms with Gasteiger partial charge in [0.05, 0.1) is 18.1 Å². The fourth-order valence-electron chi connectivity index (χ4n) is 3.53. The molecule has 3 aromatic rings. The molecule has 1 aromatic heterocycles. The van der Waals surface area contributed by atoms with E-state index in [1.807, 2.05) is 48.3 Å². The van der Waals surface area contributed by atoms with Crippen LogP contribution in [0.25, 0.3) is 22.4 Å². The number of methoxy groups -OCH3 is 1. The lowest BCUT2D eigenvalue weighted by Crippen LogP contribution is -2.45. The van der Waals surface area contributed by atoms with Gasteiger partial charge in [0, 0.05) is 30.3 Å². The molecule has 1 amide bonds. The Morgan fingerprint density at radius 3 is 2.70 bits per heavy atom. The maximum Gasteiger partial charge on any atom is 0.265 e. The molecule has 1 saturated heterocycles. The molecular formula is C21H24N4O2. The number of nitrogens with zero attached hydrogens (tertiary/aromatic N) is 2. The van der Waals surface area contributed by atoms with E-state index in [2.05, 4.69) is 15.4 Å². The summed E-state index contributed by atoms with van der Waals surface area (Å²) < 4.78 is 5.27. The fourth-order valence-corrected chi connectivity index (χ4v) is 3.53. The van der Waals surface area contributed by atoms with Gasteiger partial charge in [0.2, 0.25) is 0 Å². The van der Waals surface area contributed by atoms with Crippen molar-refractivity contribution in [3.05, 3.63) is 47.5 Å². The Balaban J connectivity index is 1.57. The summed E-state index contributed by atoms with van der Waals surface area (Å²) in [5.74, 6) is 1.53. The zero-order chi connectivity index (χ0) is 18.8. The molecule has 27 heavy (non-hydrogen) atoms. The molecule has 0 radical (unpaired) electrons. The lowest BCUT2D eigenvalue weighted by atomic mass is 10.0. The van der Waals surface area contributed by atoms with Crippen LogP contribution in [-0.4, -0.2) is 41.1 Å². The first-order valence-corrected chi connectivity index (χ1v) is 9.35. The van der Waals surface area contributed by atoms with Crippen LogP contribution in [0.3, 0.4) is 0 Å². The van der Waals surface area contributed by atoms with Gasteiger partial charge in [-0.3, -0.25) is 10.2 Å². The minimum atomic E-state index is -0.0547. The van der Waals surface area contributed by atoms with Crippen LogP contribution < -0.4 is 10.2 Å². The molecule has 140 valence electrons. The first-order chi connectivity index (χ1) is 13.1. The zero-order valence-electron chi connectivity index (χ0n) is 15.7. The Morgan fingerprint density at radius 1 is 1.15 bits per heavy atom. The van der Waals surface area contributed by atoms with Gasteiger partial charge in [0.25, 0.3) is 5.91 Å². The average molecular weight is 364 g/mol. The summed E-state index contributed by atoms with van der Waals surface area (Å²) in [4.78, 5) is 20.5. The SMILES string of the molecule is COc1ccc2nc(-c3ccc(C(=O)NN4CCCCC4)cc3C)[nH]c2c1. The van der Waals surface area contributed by atoms with Crippen LogP contribution in [0.5, 0.6) is 5.75 Å². The molecule has 1 aliphatic heterocycles. The highest BCUT2D eigenvalue weighted by Gasteiger charge is 2.16. The second kappa shape index (κ2) is 7.40. The number of nitrogens with one attached hydrogen (secondary N) is 2. The van der Waals surface area contributed by atoms with Crippen molar-refractivity contribution in [1.29, 1.82) is 0 Å². The Kier molecular flexibility index (Phi) is 4.81. The van der Waals surface area contributed by atoms with Crippen LogP contribution in [0.4, 0.5) is 0 Å². The maximum absolute atomic E-state index is 12.5. The van der Waals surface area contributed by atoms with Gasteiger partial charge in [-0.1, -0.05) is 12.5 Å². The molecule has 2 aromatic carbocycles. The summed E-state index contributed by atoms with van der Waals surface area (Å²) in [7, 11) is 1.65. The van der Waals surface area contributed by atoms with Gasteiger partial charge in [-0.15, -0.1) is 0 Å². The minimum Gasteiger partial charge on any atom is -0.497 e. The molecule has 2 N–H and O–H groups in total. The van der Waals surface area contributed by atoms with Gasteiger partial charge in [-0.25, -0.2) is 9.99 Å². The van der Waals surface area contributed by atoms with Crippen molar-refractivity contribution in [1.82, 2.24) is 20.4 Å². The molecule has 0 unspecified atom stereocenters. The third kappa shape index (κ3) is 3.66. The van der Waals surface area contributed by atoms with Crippen molar-refractivity contribution < 1.29 is 9.53 Å². The number of ether oxygens (including phenoxy) is 1. The highest BCUT2D eigenvalue weighted by atomic mass is 16.5. The number of hydrogen-bond donors (Lipinski definition) is 2. The maximum atomic E-state index is 12.5. The lowest BCUT2D eigenvalue weighted by molar-refractivity contribution is 0.0750. The summed E-state index contributed by atoms with van der Waals surface area (Å²) in [5.41, 5.74) is 7.48. The number of fused-ring (bicyclic) bond motifs is 1. The van der Waals surface area contributed by atoms with Gasteiger partial charge in [-0.2, -0.15) is 0 Å². The van der Waals surface area contributed by atoms with Crippen molar-refractivity contribution in [3.63, 3.8) is 0 Å². The second-order valence-electron chi connectivity index (χ2n) is 6.99. The number of rotatable bonds is 4. The van der Waals surface area contributed by atoms with Gasteiger partial charge >= 0.3 is 0 Å². The van der Waals surface area contributed by atoms with E-state index < -0.39 is 0 Å². The van der Waals surface area contributed by atoms with E-state index in [1.54, 1.807) is 7.11 Å². The lowest BCUT2D eigenvalue weighted by Gasteiger charge is -2.26. The molecule has 0 saturated carbocycles. The number of piperidine rings is 1. The van der Waals surface area contributed by atoms with Crippen LogP contribution >= 0.6 is 0 Å².